The molecule has 0 atom stereocenters. The van der Waals surface area contributed by atoms with Crippen molar-refractivity contribution in [1.82, 2.24) is 4.98 Å². The van der Waals surface area contributed by atoms with Gasteiger partial charge in [0, 0.05) is 28.2 Å². The zero-order valence-corrected chi connectivity index (χ0v) is 15.4. The van der Waals surface area contributed by atoms with Crippen molar-refractivity contribution in [1.29, 1.82) is 0 Å². The van der Waals surface area contributed by atoms with Gasteiger partial charge in [0.25, 0.3) is 5.91 Å². The van der Waals surface area contributed by atoms with Gasteiger partial charge in [-0.2, -0.15) is 0 Å². The monoisotopic (exact) mass is 360 g/mol. The maximum Gasteiger partial charge on any atom is 0.422 e. The van der Waals surface area contributed by atoms with Gasteiger partial charge in [-0.3, -0.25) is 4.79 Å². The van der Waals surface area contributed by atoms with Crippen molar-refractivity contribution in [2.24, 2.45) is 0 Å². The molecule has 2 aromatic carbocycles. The third-order valence-corrected chi connectivity index (χ3v) is 4.37. The smallest absolute Gasteiger partial charge is 0.422 e. The average molecular weight is 360 g/mol. The molecule has 2 amide bonds. The highest BCUT2D eigenvalue weighted by molar-refractivity contribution is 6.41. The lowest BCUT2D eigenvalue weighted by Gasteiger charge is -2.23. The summed E-state index contributed by atoms with van der Waals surface area (Å²) >= 11 is 0. The molecule has 5 heteroatoms. The van der Waals surface area contributed by atoms with Crippen molar-refractivity contribution >= 4 is 40.2 Å². The van der Waals surface area contributed by atoms with Crippen LogP contribution >= 0.6 is 0 Å². The molecule has 0 saturated heterocycles. The quantitative estimate of drug-likeness (QED) is 0.622. The van der Waals surface area contributed by atoms with Gasteiger partial charge in [-0.05, 0) is 39.0 Å². The van der Waals surface area contributed by atoms with Crippen molar-refractivity contribution < 1.29 is 14.3 Å². The van der Waals surface area contributed by atoms with Crippen molar-refractivity contribution in [2.45, 2.75) is 26.4 Å². The number of ether oxygens (including phenoxy) is 1. The highest BCUT2D eigenvalue weighted by atomic mass is 16.6. The van der Waals surface area contributed by atoms with E-state index in [1.54, 1.807) is 32.9 Å². The molecule has 0 bridgehead atoms. The van der Waals surface area contributed by atoms with Crippen molar-refractivity contribution in [3.63, 3.8) is 0 Å². The number of hydrogen-bond acceptors (Lipinski definition) is 3. The Morgan fingerprint density at radius 1 is 1.07 bits per heavy atom. The van der Waals surface area contributed by atoms with Crippen LogP contribution in [-0.2, 0) is 9.53 Å². The second-order valence-corrected chi connectivity index (χ2v) is 7.49. The highest BCUT2D eigenvalue weighted by Gasteiger charge is 2.38. The third-order valence-electron chi connectivity index (χ3n) is 4.37. The number of nitrogens with zero attached hydrogens (tertiary/aromatic N) is 1. The van der Waals surface area contributed by atoms with E-state index in [0.29, 0.717) is 11.3 Å². The zero-order chi connectivity index (χ0) is 19.2. The molecule has 27 heavy (non-hydrogen) atoms. The number of para-hydroxylation sites is 2. The fourth-order valence-electron chi connectivity index (χ4n) is 3.24. The van der Waals surface area contributed by atoms with Crippen molar-refractivity contribution in [3.05, 3.63) is 65.9 Å². The minimum atomic E-state index is -0.685. The summed E-state index contributed by atoms with van der Waals surface area (Å²) in [5.41, 5.74) is 2.94. The largest absolute Gasteiger partial charge is 0.443 e. The van der Waals surface area contributed by atoms with Crippen LogP contribution in [0.5, 0.6) is 0 Å². The topological polar surface area (TPSA) is 62.4 Å². The molecule has 1 aliphatic heterocycles. The van der Waals surface area contributed by atoms with Crippen LogP contribution < -0.4 is 4.90 Å². The van der Waals surface area contributed by atoms with E-state index >= 15 is 0 Å². The van der Waals surface area contributed by atoms with E-state index < -0.39 is 11.7 Å². The second-order valence-electron chi connectivity index (χ2n) is 7.49. The van der Waals surface area contributed by atoms with Gasteiger partial charge in [0.2, 0.25) is 0 Å². The maximum absolute atomic E-state index is 13.1. The molecule has 0 unspecified atom stereocenters. The van der Waals surface area contributed by atoms with Crippen LogP contribution in [0.3, 0.4) is 0 Å². The first-order valence-corrected chi connectivity index (χ1v) is 8.80. The molecular weight excluding hydrogens is 340 g/mol. The molecule has 3 aromatic rings. The number of aromatic nitrogens is 1. The Morgan fingerprint density at radius 3 is 2.56 bits per heavy atom. The minimum absolute atomic E-state index is 0.379. The number of anilines is 1. The van der Waals surface area contributed by atoms with E-state index in [2.05, 4.69) is 4.98 Å². The van der Waals surface area contributed by atoms with E-state index in [1.165, 1.54) is 0 Å². The van der Waals surface area contributed by atoms with Crippen LogP contribution in [0.1, 0.15) is 31.9 Å². The first-order chi connectivity index (χ1) is 12.8. The van der Waals surface area contributed by atoms with Crippen LogP contribution in [0.2, 0.25) is 0 Å². The molecule has 1 N–H and O–H groups in total. The van der Waals surface area contributed by atoms with Gasteiger partial charge in [-0.25, -0.2) is 9.69 Å². The molecule has 0 fully saturated rings. The number of carbonyl (C=O) groups excluding carboxylic acids is 2. The predicted molar refractivity (Wildman–Crippen MR) is 106 cm³/mol. The number of aromatic amines is 1. The number of benzene rings is 2. The Hall–Kier alpha value is -3.34. The predicted octanol–water partition coefficient (Wildman–Crippen LogP) is 4.99. The van der Waals surface area contributed by atoms with Crippen molar-refractivity contribution in [3.8, 4) is 0 Å². The fraction of sp³-hybridized carbons (Fsp3) is 0.182. The number of fused-ring (bicyclic) bond motifs is 2. The summed E-state index contributed by atoms with van der Waals surface area (Å²) in [6.07, 6.45) is 3.02. The van der Waals surface area contributed by atoms with E-state index in [4.69, 9.17) is 4.74 Å². The standard InChI is InChI=1S/C22H20N2O3/c1-22(2,3)27-21(26)24-19-11-7-5-9-16(19)17(20(24)25)12-14-13-23-18-10-6-4-8-15(14)18/h4-13,23H,1-3H3. The molecule has 136 valence electrons. The molecule has 0 spiro atoms. The van der Waals surface area contributed by atoms with E-state index in [9.17, 15) is 9.59 Å². The van der Waals surface area contributed by atoms with Crippen LogP contribution in [0, 0.1) is 0 Å². The summed E-state index contributed by atoms with van der Waals surface area (Å²) in [4.78, 5) is 30.1. The Labute approximate surface area is 157 Å². The number of amides is 2. The molecule has 5 nitrogen and oxygen atoms in total. The number of hydrogen-bond donors (Lipinski definition) is 1. The van der Waals surface area contributed by atoms with Crippen LogP contribution in [-0.4, -0.2) is 22.6 Å². The van der Waals surface area contributed by atoms with Gasteiger partial charge in [0.05, 0.1) is 11.3 Å². The average Bonchev–Trinajstić information content (AvgIpc) is 3.13. The van der Waals surface area contributed by atoms with E-state index in [1.807, 2.05) is 48.7 Å². The fourth-order valence-corrected chi connectivity index (χ4v) is 3.24. The number of rotatable bonds is 1. The second kappa shape index (κ2) is 6.13. The number of H-pyrrole nitrogens is 1. The summed E-state index contributed by atoms with van der Waals surface area (Å²) in [6.45, 7) is 5.33. The Bertz CT molecular complexity index is 1090. The molecule has 4 rings (SSSR count). The number of carbonyl (C=O) groups is 2. The molecule has 0 radical (unpaired) electrons. The first kappa shape index (κ1) is 17.1. The van der Waals surface area contributed by atoms with Crippen LogP contribution in [0.25, 0.3) is 22.6 Å². The van der Waals surface area contributed by atoms with Gasteiger partial charge < -0.3 is 9.72 Å². The van der Waals surface area contributed by atoms with Gasteiger partial charge in [-0.15, -0.1) is 0 Å². The first-order valence-electron chi connectivity index (χ1n) is 8.80. The molecule has 1 aromatic heterocycles. The molecular formula is C22H20N2O3. The number of imide groups is 1. The van der Waals surface area contributed by atoms with Gasteiger partial charge >= 0.3 is 6.09 Å². The molecule has 1 aliphatic rings. The summed E-state index contributed by atoms with van der Waals surface area (Å²) in [5.74, 6) is -0.379. The minimum Gasteiger partial charge on any atom is -0.443 e. The highest BCUT2D eigenvalue weighted by Crippen LogP contribution is 2.39. The lowest BCUT2D eigenvalue weighted by atomic mass is 10.0. The van der Waals surface area contributed by atoms with Gasteiger partial charge in [0.1, 0.15) is 5.60 Å². The molecule has 0 saturated carbocycles. The van der Waals surface area contributed by atoms with E-state index in [-0.39, 0.29) is 5.91 Å². The van der Waals surface area contributed by atoms with Crippen LogP contribution in [0.15, 0.2) is 54.7 Å². The summed E-state index contributed by atoms with van der Waals surface area (Å²) < 4.78 is 5.44. The van der Waals surface area contributed by atoms with Crippen LogP contribution in [0.4, 0.5) is 10.5 Å². The van der Waals surface area contributed by atoms with Gasteiger partial charge in [-0.1, -0.05) is 36.4 Å². The maximum atomic E-state index is 13.1. The SMILES string of the molecule is CC(C)(C)OC(=O)N1C(=O)C(=Cc2c[nH]c3ccccc23)c2ccccc21. The normalized spacial score (nSPS) is 15.4. The van der Waals surface area contributed by atoms with E-state index in [0.717, 1.165) is 26.9 Å². The molecule has 2 heterocycles. The van der Waals surface area contributed by atoms with Gasteiger partial charge in [0.15, 0.2) is 0 Å². The lowest BCUT2D eigenvalue weighted by Crippen LogP contribution is -2.38. The Kier molecular flexibility index (Phi) is 3.88. The summed E-state index contributed by atoms with van der Waals surface area (Å²) in [7, 11) is 0. The third kappa shape index (κ3) is 3.01. The zero-order valence-electron chi connectivity index (χ0n) is 15.4. The summed E-state index contributed by atoms with van der Waals surface area (Å²) in [6, 6.07) is 15.1. The summed E-state index contributed by atoms with van der Waals surface area (Å²) in [5, 5.41) is 1.02. The van der Waals surface area contributed by atoms with Crippen molar-refractivity contribution in [2.75, 3.05) is 4.90 Å². The molecule has 0 aliphatic carbocycles. The number of nitrogens with one attached hydrogen (secondary N) is 1. The lowest BCUT2D eigenvalue weighted by molar-refractivity contribution is -0.112. The Morgan fingerprint density at radius 2 is 1.78 bits per heavy atom. The Balaban J connectivity index is 1.81.